The second-order valence-electron chi connectivity index (χ2n) is 4.45. The highest BCUT2D eigenvalue weighted by Gasteiger charge is 2.77. The van der Waals surface area contributed by atoms with Crippen molar-refractivity contribution in [1.29, 1.82) is 10.5 Å². The molecule has 16 heavy (non-hydrogen) atoms. The summed E-state index contributed by atoms with van der Waals surface area (Å²) in [5.74, 6) is -2.76. The summed E-state index contributed by atoms with van der Waals surface area (Å²) < 4.78 is 0. The monoisotopic (exact) mass is 222 g/mol. The van der Waals surface area contributed by atoms with E-state index in [1.165, 1.54) is 13.8 Å². The minimum Gasteiger partial charge on any atom is -0.480 e. The molecule has 6 nitrogen and oxygen atoms in total. The van der Waals surface area contributed by atoms with E-state index in [9.17, 15) is 9.59 Å². The Labute approximate surface area is 91.7 Å². The summed E-state index contributed by atoms with van der Waals surface area (Å²) in [6.45, 7) is 2.65. The van der Waals surface area contributed by atoms with Crippen LogP contribution >= 0.6 is 0 Å². The minimum atomic E-state index is -1.80. The van der Waals surface area contributed by atoms with E-state index < -0.39 is 34.6 Å². The van der Waals surface area contributed by atoms with E-state index in [-0.39, 0.29) is 0 Å². The Morgan fingerprint density at radius 1 is 1.06 bits per heavy atom. The van der Waals surface area contributed by atoms with Gasteiger partial charge in [-0.3, -0.25) is 9.59 Å². The number of aliphatic carboxylic acids is 2. The van der Waals surface area contributed by atoms with Crippen LogP contribution in [0.15, 0.2) is 0 Å². The first-order valence-electron chi connectivity index (χ1n) is 4.51. The molecule has 0 spiro atoms. The number of carboxylic acids is 2. The molecule has 6 heteroatoms. The lowest BCUT2D eigenvalue weighted by molar-refractivity contribution is -0.198. The summed E-state index contributed by atoms with van der Waals surface area (Å²) >= 11 is 0. The van der Waals surface area contributed by atoms with Gasteiger partial charge in [0, 0.05) is 11.8 Å². The number of nitriles is 2. The highest BCUT2D eigenvalue weighted by atomic mass is 16.4. The molecule has 0 amide bonds. The van der Waals surface area contributed by atoms with Crippen molar-refractivity contribution in [2.24, 2.45) is 16.2 Å². The van der Waals surface area contributed by atoms with Crippen LogP contribution < -0.4 is 0 Å². The third kappa shape index (κ3) is 0.892. The summed E-state index contributed by atoms with van der Waals surface area (Å²) in [7, 11) is 0. The summed E-state index contributed by atoms with van der Waals surface area (Å²) in [6.07, 6.45) is -0.481. The van der Waals surface area contributed by atoms with Gasteiger partial charge in [-0.15, -0.1) is 0 Å². The van der Waals surface area contributed by atoms with Gasteiger partial charge in [-0.1, -0.05) is 13.8 Å². The second-order valence-corrected chi connectivity index (χ2v) is 4.45. The zero-order chi connectivity index (χ0) is 12.8. The van der Waals surface area contributed by atoms with Gasteiger partial charge in [-0.2, -0.15) is 10.5 Å². The molecule has 0 aliphatic heterocycles. The van der Waals surface area contributed by atoms with Crippen molar-refractivity contribution < 1.29 is 19.8 Å². The Hall–Kier alpha value is -2.08. The van der Waals surface area contributed by atoms with Crippen LogP contribution in [0.3, 0.4) is 0 Å². The average Bonchev–Trinajstić information content (AvgIpc) is 2.17. The summed E-state index contributed by atoms with van der Waals surface area (Å²) in [4.78, 5) is 22.1. The fourth-order valence-electron chi connectivity index (χ4n) is 2.24. The molecule has 0 bridgehead atoms. The quantitative estimate of drug-likeness (QED) is 0.705. The fourth-order valence-corrected chi connectivity index (χ4v) is 2.24. The number of hydrogen-bond donors (Lipinski definition) is 2. The Morgan fingerprint density at radius 3 is 1.50 bits per heavy atom. The predicted molar refractivity (Wildman–Crippen MR) is 49.8 cm³/mol. The van der Waals surface area contributed by atoms with Crippen molar-refractivity contribution in [1.82, 2.24) is 0 Å². The molecule has 1 fully saturated rings. The molecule has 2 N–H and O–H groups in total. The molecule has 1 saturated carbocycles. The molecular weight excluding hydrogens is 212 g/mol. The van der Waals surface area contributed by atoms with Crippen LogP contribution in [0.2, 0.25) is 0 Å². The molecule has 0 unspecified atom stereocenters. The van der Waals surface area contributed by atoms with Gasteiger partial charge in [0.15, 0.2) is 10.8 Å². The standard InChI is InChI=1S/C10H10N2O4/c1-8(2)9(4-11,6(13)14)3-10(8,5-12)7(15)16/h3H2,1-2H3,(H,13,14)(H,15,16)/t9-,10+. The van der Waals surface area contributed by atoms with Gasteiger partial charge in [0.05, 0.1) is 12.1 Å². The first kappa shape index (κ1) is 12.0. The number of nitrogens with zero attached hydrogens (tertiary/aromatic N) is 2. The Kier molecular flexibility index (Phi) is 2.22. The van der Waals surface area contributed by atoms with Crippen LogP contribution in [0.1, 0.15) is 20.3 Å². The first-order chi connectivity index (χ1) is 7.22. The lowest BCUT2D eigenvalue weighted by atomic mass is 9.38. The van der Waals surface area contributed by atoms with Crippen LogP contribution in [-0.2, 0) is 9.59 Å². The molecule has 0 radical (unpaired) electrons. The molecule has 0 heterocycles. The van der Waals surface area contributed by atoms with Crippen LogP contribution in [-0.4, -0.2) is 22.2 Å². The maximum Gasteiger partial charge on any atom is 0.324 e. The first-order valence-corrected chi connectivity index (χ1v) is 4.51. The van der Waals surface area contributed by atoms with Crippen molar-refractivity contribution in [2.45, 2.75) is 20.3 Å². The van der Waals surface area contributed by atoms with Crippen molar-refractivity contribution in [2.75, 3.05) is 0 Å². The maximum absolute atomic E-state index is 11.1. The lowest BCUT2D eigenvalue weighted by Gasteiger charge is -2.57. The van der Waals surface area contributed by atoms with E-state index in [1.54, 1.807) is 12.1 Å². The van der Waals surface area contributed by atoms with Crippen LogP contribution in [0, 0.1) is 38.9 Å². The highest BCUT2D eigenvalue weighted by molar-refractivity contribution is 5.90. The highest BCUT2D eigenvalue weighted by Crippen LogP contribution is 2.67. The molecule has 1 rings (SSSR count). The van der Waals surface area contributed by atoms with E-state index >= 15 is 0 Å². The number of carboxylic acid groups (broad SMARTS) is 2. The van der Waals surface area contributed by atoms with E-state index in [4.69, 9.17) is 20.7 Å². The smallest absolute Gasteiger partial charge is 0.324 e. The molecule has 1 aliphatic carbocycles. The van der Waals surface area contributed by atoms with Crippen LogP contribution in [0.4, 0.5) is 0 Å². The molecule has 0 aromatic heterocycles. The van der Waals surface area contributed by atoms with Gasteiger partial charge in [-0.05, 0) is 0 Å². The molecule has 0 aromatic rings. The van der Waals surface area contributed by atoms with Gasteiger partial charge < -0.3 is 10.2 Å². The summed E-state index contributed by atoms with van der Waals surface area (Å²) in [5.41, 5.74) is -5.04. The molecule has 0 aromatic carbocycles. The van der Waals surface area contributed by atoms with Crippen molar-refractivity contribution in [3.63, 3.8) is 0 Å². The van der Waals surface area contributed by atoms with Crippen molar-refractivity contribution in [3.05, 3.63) is 0 Å². The molecule has 1 aliphatic rings. The Bertz CT molecular complexity index is 416. The molecule has 84 valence electrons. The van der Waals surface area contributed by atoms with E-state index in [1.807, 2.05) is 0 Å². The third-order valence-corrected chi connectivity index (χ3v) is 3.78. The largest absolute Gasteiger partial charge is 0.480 e. The number of carbonyl (C=O) groups is 2. The van der Waals surface area contributed by atoms with Gasteiger partial charge in [0.2, 0.25) is 0 Å². The Morgan fingerprint density at radius 2 is 1.38 bits per heavy atom. The van der Waals surface area contributed by atoms with E-state index in [0.29, 0.717) is 0 Å². The zero-order valence-electron chi connectivity index (χ0n) is 8.81. The fraction of sp³-hybridized carbons (Fsp3) is 0.600. The predicted octanol–water partition coefficient (Wildman–Crippen LogP) is 0.605. The lowest BCUT2D eigenvalue weighted by Crippen LogP contribution is -2.68. The summed E-state index contributed by atoms with van der Waals surface area (Å²) in [6, 6.07) is 3.27. The second kappa shape index (κ2) is 2.96. The SMILES string of the molecule is CC1(C)[C@](C#N)(C(=O)O)C[C@]1(C#N)C(=O)O. The molecule has 0 saturated heterocycles. The van der Waals surface area contributed by atoms with Crippen molar-refractivity contribution in [3.8, 4) is 12.1 Å². The average molecular weight is 222 g/mol. The molecular formula is C10H10N2O4. The number of hydrogen-bond acceptors (Lipinski definition) is 4. The van der Waals surface area contributed by atoms with E-state index in [2.05, 4.69) is 0 Å². The van der Waals surface area contributed by atoms with Crippen LogP contribution in [0.25, 0.3) is 0 Å². The number of rotatable bonds is 2. The zero-order valence-corrected chi connectivity index (χ0v) is 8.81. The van der Waals surface area contributed by atoms with Gasteiger partial charge in [0.25, 0.3) is 0 Å². The maximum atomic E-state index is 11.1. The third-order valence-electron chi connectivity index (χ3n) is 3.78. The Balaban J connectivity index is 3.36. The van der Waals surface area contributed by atoms with Gasteiger partial charge >= 0.3 is 11.9 Å². The minimum absolute atomic E-state index is 0.481. The molecule has 2 atom stereocenters. The topological polar surface area (TPSA) is 122 Å². The normalized spacial score (nSPS) is 35.2. The van der Waals surface area contributed by atoms with Crippen molar-refractivity contribution >= 4 is 11.9 Å². The van der Waals surface area contributed by atoms with Gasteiger partial charge in [-0.25, -0.2) is 0 Å². The van der Waals surface area contributed by atoms with Gasteiger partial charge in [0.1, 0.15) is 0 Å². The van der Waals surface area contributed by atoms with E-state index in [0.717, 1.165) is 0 Å². The summed E-state index contributed by atoms with van der Waals surface area (Å²) in [5, 5.41) is 35.8. The van der Waals surface area contributed by atoms with Crippen LogP contribution in [0.5, 0.6) is 0 Å².